The van der Waals surface area contributed by atoms with Gasteiger partial charge >= 0.3 is 23.9 Å². The number of benzene rings is 2. The summed E-state index contributed by atoms with van der Waals surface area (Å²) in [6.07, 6.45) is 6.99. The van der Waals surface area contributed by atoms with E-state index in [0.29, 0.717) is 40.6 Å². The zero-order chi connectivity index (χ0) is 35.6. The minimum atomic E-state index is -0.599. The van der Waals surface area contributed by atoms with E-state index in [0.717, 1.165) is 38.2 Å². The molecule has 0 heterocycles. The molecule has 0 aliphatic heterocycles. The van der Waals surface area contributed by atoms with Crippen LogP contribution in [-0.4, -0.2) is 36.1 Å². The fourth-order valence-corrected chi connectivity index (χ4v) is 6.75. The van der Waals surface area contributed by atoms with Crippen molar-refractivity contribution in [1.82, 2.24) is 0 Å². The number of carbonyl (C=O) groups excluding carboxylic acids is 4. The van der Waals surface area contributed by atoms with Crippen molar-refractivity contribution in [2.45, 2.75) is 99.2 Å². The van der Waals surface area contributed by atoms with Gasteiger partial charge in [0, 0.05) is 11.6 Å². The Bertz CT molecular complexity index is 1450. The molecule has 2 aliphatic rings. The topological polar surface area (TPSA) is 105 Å². The summed E-state index contributed by atoms with van der Waals surface area (Å²) in [5, 5.41) is 0. The van der Waals surface area contributed by atoms with Crippen molar-refractivity contribution < 1.29 is 38.1 Å². The predicted molar refractivity (Wildman–Crippen MR) is 186 cm³/mol. The molecular weight excluding hydrogens is 608 g/mol. The number of rotatable bonds is 9. The maximum atomic E-state index is 12.5. The van der Waals surface area contributed by atoms with Crippen molar-refractivity contribution in [3.05, 3.63) is 84.5 Å². The van der Waals surface area contributed by atoms with Gasteiger partial charge in [0.15, 0.2) is 0 Å². The number of esters is 4. The summed E-state index contributed by atoms with van der Waals surface area (Å²) < 4.78 is 21.7. The highest BCUT2D eigenvalue weighted by atomic mass is 16.6. The third kappa shape index (κ3) is 11.5. The maximum absolute atomic E-state index is 12.5. The van der Waals surface area contributed by atoms with Crippen LogP contribution in [0.1, 0.15) is 108 Å². The third-order valence-corrected chi connectivity index (χ3v) is 8.97. The zero-order valence-corrected chi connectivity index (χ0v) is 29.6. The van der Waals surface area contributed by atoms with Crippen molar-refractivity contribution in [2.24, 2.45) is 29.1 Å². The monoisotopic (exact) mass is 660 g/mol. The van der Waals surface area contributed by atoms with Gasteiger partial charge in [-0.2, -0.15) is 0 Å². The van der Waals surface area contributed by atoms with Gasteiger partial charge in [0.1, 0.15) is 29.3 Å². The number of ether oxygens (including phenoxy) is 4. The van der Waals surface area contributed by atoms with Crippen molar-refractivity contribution >= 4 is 23.9 Å². The van der Waals surface area contributed by atoms with Gasteiger partial charge < -0.3 is 18.9 Å². The van der Waals surface area contributed by atoms with Crippen LogP contribution in [0.3, 0.4) is 0 Å². The Morgan fingerprint density at radius 2 is 1.52 bits per heavy atom. The summed E-state index contributed by atoms with van der Waals surface area (Å²) in [5.41, 5.74) is 1.22. The Balaban J connectivity index is 0.000000261. The van der Waals surface area contributed by atoms with Crippen LogP contribution in [0, 0.1) is 29.1 Å². The van der Waals surface area contributed by atoms with Crippen LogP contribution in [-0.2, 0) is 19.1 Å². The molecule has 2 aromatic carbocycles. The number of hydrogen-bond donors (Lipinski definition) is 0. The molecule has 5 atom stereocenters. The van der Waals surface area contributed by atoms with Crippen molar-refractivity contribution in [3.8, 4) is 11.5 Å². The molecule has 2 aliphatic carbocycles. The molecule has 0 radical (unpaired) electrons. The van der Waals surface area contributed by atoms with E-state index in [1.165, 1.54) is 6.42 Å². The van der Waals surface area contributed by atoms with Gasteiger partial charge in [-0.3, -0.25) is 0 Å². The molecule has 2 saturated carbocycles. The molecule has 0 amide bonds. The lowest BCUT2D eigenvalue weighted by Crippen LogP contribution is -2.35. The van der Waals surface area contributed by atoms with E-state index in [2.05, 4.69) is 54.7 Å². The molecule has 260 valence electrons. The minimum absolute atomic E-state index is 0.0304. The van der Waals surface area contributed by atoms with Crippen molar-refractivity contribution in [1.29, 1.82) is 0 Å². The number of hydrogen-bond acceptors (Lipinski definition) is 8. The molecule has 0 N–H and O–H groups in total. The molecule has 2 aromatic rings. The molecular formula is C40H52O8. The van der Waals surface area contributed by atoms with E-state index < -0.39 is 17.9 Å². The molecule has 4 rings (SSSR count). The standard InChI is InChI=1S/C21H28O4.C19H24O4/c1-13(2)18-11-6-15(5)12-19(18)25-21(23)16-7-9-17(10-8-16)24-20(22)14(3)4;1-5-17(20)23-16-9-7-6-8-15(16)18(21)22-14-10-13(2)11-19(3,4)12-14/h7-10,13,15,18-19H,3,6,11-12H2,1-2,4-5H3;5-9,13-14H,1,10-12H2,2-4H3. The first-order valence-electron chi connectivity index (χ1n) is 16.9. The molecule has 8 nitrogen and oxygen atoms in total. The second-order valence-electron chi connectivity index (χ2n) is 14.5. The van der Waals surface area contributed by atoms with Crippen LogP contribution in [0.15, 0.2) is 73.3 Å². The Morgan fingerprint density at radius 1 is 0.854 bits per heavy atom. The highest BCUT2D eigenvalue weighted by Gasteiger charge is 2.35. The highest BCUT2D eigenvalue weighted by Crippen LogP contribution is 2.40. The quantitative estimate of drug-likeness (QED) is 0.149. The van der Waals surface area contributed by atoms with Gasteiger partial charge in [-0.15, -0.1) is 0 Å². The summed E-state index contributed by atoms with van der Waals surface area (Å²) in [7, 11) is 0. The summed E-state index contributed by atoms with van der Waals surface area (Å²) in [5.74, 6) is 0.743. The number of para-hydroxylation sites is 1. The first-order valence-corrected chi connectivity index (χ1v) is 16.9. The average Bonchev–Trinajstić information content (AvgIpc) is 3.00. The fraction of sp³-hybridized carbons (Fsp3) is 0.500. The molecule has 0 bridgehead atoms. The Kier molecular flexibility index (Phi) is 13.8. The summed E-state index contributed by atoms with van der Waals surface area (Å²) >= 11 is 0. The largest absolute Gasteiger partial charge is 0.459 e. The lowest BCUT2D eigenvalue weighted by atomic mass is 9.71. The predicted octanol–water partition coefficient (Wildman–Crippen LogP) is 8.94. The van der Waals surface area contributed by atoms with Crippen LogP contribution in [0.25, 0.3) is 0 Å². The first-order chi connectivity index (χ1) is 22.6. The van der Waals surface area contributed by atoms with E-state index in [1.807, 2.05) is 0 Å². The average molecular weight is 661 g/mol. The molecule has 2 fully saturated rings. The van der Waals surface area contributed by atoms with Gasteiger partial charge in [0.25, 0.3) is 0 Å². The van der Waals surface area contributed by atoms with E-state index in [9.17, 15) is 19.2 Å². The summed E-state index contributed by atoms with van der Waals surface area (Å²) in [4.78, 5) is 47.9. The molecule has 48 heavy (non-hydrogen) atoms. The summed E-state index contributed by atoms with van der Waals surface area (Å²) in [6, 6.07) is 13.0. The molecule has 0 saturated heterocycles. The Hall–Kier alpha value is -4.20. The second kappa shape index (κ2) is 17.3. The van der Waals surface area contributed by atoms with Crippen LogP contribution in [0.5, 0.6) is 11.5 Å². The van der Waals surface area contributed by atoms with Gasteiger partial charge in [-0.25, -0.2) is 19.2 Å². The van der Waals surface area contributed by atoms with Gasteiger partial charge in [-0.05, 0) is 105 Å². The second-order valence-corrected chi connectivity index (χ2v) is 14.5. The smallest absolute Gasteiger partial charge is 0.342 e. The maximum Gasteiger partial charge on any atom is 0.342 e. The van der Waals surface area contributed by atoms with Gasteiger partial charge in [-0.1, -0.05) is 73.3 Å². The highest BCUT2D eigenvalue weighted by molar-refractivity contribution is 5.94. The molecule has 5 unspecified atom stereocenters. The van der Waals surface area contributed by atoms with E-state index in [1.54, 1.807) is 55.5 Å². The minimum Gasteiger partial charge on any atom is -0.459 e. The lowest BCUT2D eigenvalue weighted by Gasteiger charge is -2.38. The molecule has 0 aromatic heterocycles. The third-order valence-electron chi connectivity index (χ3n) is 8.97. The molecule has 0 spiro atoms. The van der Waals surface area contributed by atoms with Crippen molar-refractivity contribution in [3.63, 3.8) is 0 Å². The van der Waals surface area contributed by atoms with E-state index in [4.69, 9.17) is 18.9 Å². The normalized spacial score (nSPS) is 23.0. The lowest BCUT2D eigenvalue weighted by molar-refractivity contribution is -0.130. The Morgan fingerprint density at radius 3 is 2.12 bits per heavy atom. The van der Waals surface area contributed by atoms with Crippen LogP contribution < -0.4 is 9.47 Å². The SMILES string of the molecule is C=C(C)C(=O)Oc1ccc(C(=O)OC2CC(C)CCC2C(C)C)cc1.C=CC(=O)Oc1ccccc1C(=O)OC1CC(C)CC(C)(C)C1. The number of carbonyl (C=O) groups is 4. The van der Waals surface area contributed by atoms with E-state index in [-0.39, 0.29) is 34.9 Å². The Labute approximate surface area is 285 Å². The zero-order valence-electron chi connectivity index (χ0n) is 29.6. The van der Waals surface area contributed by atoms with Gasteiger partial charge in [0.05, 0.1) is 5.56 Å². The van der Waals surface area contributed by atoms with Crippen molar-refractivity contribution in [2.75, 3.05) is 0 Å². The van der Waals surface area contributed by atoms with Crippen LogP contribution in [0.2, 0.25) is 0 Å². The summed E-state index contributed by atoms with van der Waals surface area (Å²) in [6.45, 7) is 21.6. The van der Waals surface area contributed by atoms with Gasteiger partial charge in [0.2, 0.25) is 0 Å². The van der Waals surface area contributed by atoms with Crippen LogP contribution >= 0.6 is 0 Å². The fourth-order valence-electron chi connectivity index (χ4n) is 6.75. The first kappa shape index (κ1) is 38.2. The van der Waals surface area contributed by atoms with E-state index >= 15 is 0 Å². The van der Waals surface area contributed by atoms with Crippen LogP contribution in [0.4, 0.5) is 0 Å². The molecule has 8 heteroatoms.